The van der Waals surface area contributed by atoms with Crippen molar-refractivity contribution < 1.29 is 24.0 Å². The molecule has 192 valence electrons. The van der Waals surface area contributed by atoms with Crippen molar-refractivity contribution in [3.05, 3.63) is 34.8 Å². The highest BCUT2D eigenvalue weighted by Crippen LogP contribution is 2.29. The third-order valence-corrected chi connectivity index (χ3v) is 6.58. The number of amides is 3. The van der Waals surface area contributed by atoms with E-state index >= 15 is 0 Å². The number of rotatable bonds is 5. The molecule has 36 heavy (non-hydrogen) atoms. The molecule has 2 aliphatic rings. The van der Waals surface area contributed by atoms with Crippen molar-refractivity contribution in [3.63, 3.8) is 0 Å². The number of pyridine rings is 1. The molecule has 1 fully saturated rings. The predicted octanol–water partition coefficient (Wildman–Crippen LogP) is 2.83. The number of nitrogens with zero attached hydrogens (tertiary/aromatic N) is 4. The van der Waals surface area contributed by atoms with Crippen LogP contribution in [0.2, 0.25) is 0 Å². The molecule has 4 rings (SSSR count). The predicted molar refractivity (Wildman–Crippen MR) is 133 cm³/mol. The topological polar surface area (TPSA) is 121 Å². The molecular weight excluding hydrogens is 462 g/mol. The fourth-order valence-corrected chi connectivity index (χ4v) is 4.02. The summed E-state index contributed by atoms with van der Waals surface area (Å²) in [5.41, 5.74) is 2.09. The van der Waals surface area contributed by atoms with Gasteiger partial charge in [0, 0.05) is 37.2 Å². The number of aryl methyl sites for hydroxylation is 2. The number of anilines is 1. The molecule has 0 unspecified atom stereocenters. The number of carbonyl (C=O) groups excluding carboxylic acids is 2. The van der Waals surface area contributed by atoms with Crippen LogP contribution >= 0.6 is 0 Å². The van der Waals surface area contributed by atoms with Crippen molar-refractivity contribution in [1.82, 2.24) is 19.9 Å². The Morgan fingerprint density at radius 2 is 2.14 bits per heavy atom. The van der Waals surface area contributed by atoms with Crippen molar-refractivity contribution in [2.75, 3.05) is 32.1 Å². The molecule has 0 saturated heterocycles. The van der Waals surface area contributed by atoms with Gasteiger partial charge in [-0.05, 0) is 39.7 Å². The van der Waals surface area contributed by atoms with E-state index in [2.05, 4.69) is 27.3 Å². The lowest BCUT2D eigenvalue weighted by Gasteiger charge is -2.37. The highest BCUT2D eigenvalue weighted by molar-refractivity contribution is 5.97. The van der Waals surface area contributed by atoms with Crippen LogP contribution < -0.4 is 10.1 Å². The van der Waals surface area contributed by atoms with Crippen molar-refractivity contribution in [2.24, 2.45) is 11.8 Å². The molecule has 3 heterocycles. The normalized spacial score (nSPS) is 20.3. The first-order valence-corrected chi connectivity index (χ1v) is 12.2. The molecule has 0 bridgehead atoms. The van der Waals surface area contributed by atoms with Gasteiger partial charge in [-0.3, -0.25) is 4.79 Å². The van der Waals surface area contributed by atoms with E-state index in [-0.39, 0.29) is 36.9 Å². The molecule has 1 saturated carbocycles. The smallest absolute Gasteiger partial charge is 0.321 e. The Balaban J connectivity index is 1.59. The van der Waals surface area contributed by atoms with Crippen LogP contribution in [-0.4, -0.2) is 75.9 Å². The van der Waals surface area contributed by atoms with E-state index in [1.807, 2.05) is 6.92 Å². The third kappa shape index (κ3) is 5.62. The van der Waals surface area contributed by atoms with Crippen molar-refractivity contribution >= 4 is 17.6 Å². The average Bonchev–Trinajstić information content (AvgIpc) is 3.65. The Hall–Kier alpha value is -3.58. The number of hydrogen-bond donors (Lipinski definition) is 2. The van der Waals surface area contributed by atoms with Crippen molar-refractivity contribution in [2.45, 2.75) is 52.7 Å². The van der Waals surface area contributed by atoms with Crippen molar-refractivity contribution in [1.29, 1.82) is 0 Å². The molecule has 10 nitrogen and oxygen atoms in total. The Morgan fingerprint density at radius 1 is 1.39 bits per heavy atom. The van der Waals surface area contributed by atoms with Gasteiger partial charge >= 0.3 is 6.03 Å². The van der Waals surface area contributed by atoms with Gasteiger partial charge in [-0.1, -0.05) is 23.9 Å². The molecule has 0 spiro atoms. The number of nitrogens with one attached hydrogen (secondary N) is 1. The van der Waals surface area contributed by atoms with Gasteiger partial charge < -0.3 is 29.5 Å². The van der Waals surface area contributed by atoms with Crippen LogP contribution in [0.25, 0.3) is 0 Å². The summed E-state index contributed by atoms with van der Waals surface area (Å²) in [5.74, 6) is 7.02. The summed E-state index contributed by atoms with van der Waals surface area (Å²) in [6.07, 6.45) is 3.36. The fourth-order valence-electron chi connectivity index (χ4n) is 4.02. The monoisotopic (exact) mass is 495 g/mol. The van der Waals surface area contributed by atoms with Gasteiger partial charge in [0.25, 0.3) is 5.91 Å². The lowest BCUT2D eigenvalue weighted by molar-refractivity contribution is 0.0356. The number of carbonyl (C=O) groups is 2. The molecular formula is C26H33N5O5. The fraction of sp³-hybridized carbons (Fsp3) is 0.538. The molecule has 2 N–H and O–H groups in total. The maximum Gasteiger partial charge on any atom is 0.321 e. The van der Waals surface area contributed by atoms with Crippen molar-refractivity contribution in [3.8, 4) is 17.7 Å². The standard InChI is InChI=1S/C26H33N5O5/c1-15-12-31(16(2)14-32)25(33)21-10-20(9-8-19-6-7-19)11-27-24(21)35-22(15)13-30(5)26(34)28-23-17(3)29-36-18(23)4/h10-11,15-16,19,22,32H,6-7,12-14H2,1-5H3,(H,28,34)/t15-,16-,22-/m0/s1. The van der Waals surface area contributed by atoms with Crippen LogP contribution in [0, 0.1) is 37.5 Å². The minimum atomic E-state index is -0.457. The first-order valence-electron chi connectivity index (χ1n) is 12.2. The van der Waals surface area contributed by atoms with E-state index in [9.17, 15) is 14.7 Å². The number of aliphatic hydroxyl groups excluding tert-OH is 1. The zero-order chi connectivity index (χ0) is 26.0. The van der Waals surface area contributed by atoms with E-state index in [0.717, 1.165) is 12.8 Å². The van der Waals surface area contributed by atoms with Gasteiger partial charge in [-0.25, -0.2) is 9.78 Å². The summed E-state index contributed by atoms with van der Waals surface area (Å²) < 4.78 is 11.4. The molecule has 1 aliphatic heterocycles. The second-order valence-electron chi connectivity index (χ2n) is 9.75. The van der Waals surface area contributed by atoms with E-state index in [1.54, 1.807) is 45.0 Å². The lowest BCUT2D eigenvalue weighted by atomic mass is 10.00. The molecule has 2 aromatic rings. The minimum Gasteiger partial charge on any atom is -0.472 e. The number of hydrogen-bond acceptors (Lipinski definition) is 7. The lowest BCUT2D eigenvalue weighted by Crippen LogP contribution is -2.50. The summed E-state index contributed by atoms with van der Waals surface area (Å²) in [5, 5.41) is 16.5. The highest BCUT2D eigenvalue weighted by Gasteiger charge is 2.35. The molecule has 10 heteroatoms. The largest absolute Gasteiger partial charge is 0.472 e. The highest BCUT2D eigenvalue weighted by atomic mass is 16.5. The maximum absolute atomic E-state index is 13.5. The first kappa shape index (κ1) is 25.5. The summed E-state index contributed by atoms with van der Waals surface area (Å²) >= 11 is 0. The molecule has 0 aromatic carbocycles. The van der Waals surface area contributed by atoms with Crippen LogP contribution in [0.1, 0.15) is 54.1 Å². The van der Waals surface area contributed by atoms with E-state index < -0.39 is 12.1 Å². The van der Waals surface area contributed by atoms with Gasteiger partial charge in [0.1, 0.15) is 23.0 Å². The zero-order valence-corrected chi connectivity index (χ0v) is 21.4. The number of likely N-dealkylation sites (N-methyl/N-ethyl adjacent to an activating group) is 1. The average molecular weight is 496 g/mol. The Bertz CT molecular complexity index is 1180. The van der Waals surface area contributed by atoms with Crippen LogP contribution in [0.3, 0.4) is 0 Å². The maximum atomic E-state index is 13.5. The number of aliphatic hydroxyl groups is 1. The van der Waals surface area contributed by atoms with Crippen LogP contribution in [0.4, 0.5) is 10.5 Å². The van der Waals surface area contributed by atoms with Crippen LogP contribution in [0.5, 0.6) is 5.88 Å². The molecule has 3 atom stereocenters. The quantitative estimate of drug-likeness (QED) is 0.612. The van der Waals surface area contributed by atoms with Crippen LogP contribution in [0.15, 0.2) is 16.8 Å². The number of fused-ring (bicyclic) bond motifs is 1. The van der Waals surface area contributed by atoms with Crippen LogP contribution in [-0.2, 0) is 0 Å². The second kappa shape index (κ2) is 10.6. The summed E-state index contributed by atoms with van der Waals surface area (Å²) in [4.78, 5) is 34.0. The van der Waals surface area contributed by atoms with Gasteiger partial charge in [0.05, 0.1) is 19.2 Å². The third-order valence-electron chi connectivity index (χ3n) is 6.58. The number of ether oxygens (including phenoxy) is 1. The van der Waals surface area contributed by atoms with Gasteiger partial charge in [0.2, 0.25) is 5.88 Å². The molecule has 0 radical (unpaired) electrons. The summed E-state index contributed by atoms with van der Waals surface area (Å²) in [6, 6.07) is 0.976. The van der Waals surface area contributed by atoms with E-state index in [0.29, 0.717) is 40.7 Å². The number of aromatic nitrogens is 2. The van der Waals surface area contributed by atoms with E-state index in [4.69, 9.17) is 9.26 Å². The summed E-state index contributed by atoms with van der Waals surface area (Å²) in [6.45, 7) is 7.66. The van der Waals surface area contributed by atoms with Gasteiger partial charge in [0.15, 0.2) is 5.76 Å². The molecule has 2 aromatic heterocycles. The van der Waals surface area contributed by atoms with Gasteiger partial charge in [-0.2, -0.15) is 0 Å². The second-order valence-corrected chi connectivity index (χ2v) is 9.75. The Morgan fingerprint density at radius 3 is 2.78 bits per heavy atom. The Kier molecular flexibility index (Phi) is 7.50. The molecule has 3 amide bonds. The zero-order valence-electron chi connectivity index (χ0n) is 21.4. The van der Waals surface area contributed by atoms with Gasteiger partial charge in [-0.15, -0.1) is 0 Å². The SMILES string of the molecule is Cc1noc(C)c1NC(=O)N(C)C[C@@H]1Oc2ncc(C#CC3CC3)cc2C(=O)N([C@@H](C)CO)C[C@@H]1C. The Labute approximate surface area is 211 Å². The number of urea groups is 1. The minimum absolute atomic E-state index is 0.151. The molecule has 1 aliphatic carbocycles. The summed E-state index contributed by atoms with van der Waals surface area (Å²) in [7, 11) is 1.67. The van der Waals surface area contributed by atoms with E-state index in [1.165, 1.54) is 4.90 Å². The first-order chi connectivity index (χ1) is 17.2.